The molecule has 2 atom stereocenters. The van der Waals surface area contributed by atoms with Crippen LogP contribution in [-0.4, -0.2) is 19.5 Å². The molecule has 1 aliphatic rings. The van der Waals surface area contributed by atoms with Gasteiger partial charge in [0.15, 0.2) is 0 Å². The third-order valence-corrected chi connectivity index (χ3v) is 3.41. The SMILES string of the molecule is COCC[C@H]1C[C@@H](C)C(=O)C1(C)C. The molecular formula is C11H20O2. The topological polar surface area (TPSA) is 26.3 Å². The third kappa shape index (κ3) is 1.93. The minimum atomic E-state index is -0.127. The van der Waals surface area contributed by atoms with E-state index in [2.05, 4.69) is 13.8 Å². The lowest BCUT2D eigenvalue weighted by molar-refractivity contribution is -0.128. The second kappa shape index (κ2) is 3.79. The average Bonchev–Trinajstić information content (AvgIpc) is 2.26. The van der Waals surface area contributed by atoms with Crippen molar-refractivity contribution >= 4 is 5.78 Å². The molecule has 2 nitrogen and oxygen atoms in total. The molecule has 0 amide bonds. The van der Waals surface area contributed by atoms with Gasteiger partial charge in [0, 0.05) is 25.0 Å². The molecule has 1 aliphatic carbocycles. The molecule has 0 N–H and O–H groups in total. The number of carbonyl (C=O) groups excluding carboxylic acids is 1. The first kappa shape index (κ1) is 10.7. The summed E-state index contributed by atoms with van der Waals surface area (Å²) in [5.41, 5.74) is -0.127. The van der Waals surface area contributed by atoms with E-state index >= 15 is 0 Å². The zero-order valence-corrected chi connectivity index (χ0v) is 9.09. The van der Waals surface area contributed by atoms with Gasteiger partial charge in [0.1, 0.15) is 5.78 Å². The highest BCUT2D eigenvalue weighted by molar-refractivity contribution is 5.88. The first-order chi connectivity index (χ1) is 6.00. The third-order valence-electron chi connectivity index (χ3n) is 3.41. The smallest absolute Gasteiger partial charge is 0.141 e. The van der Waals surface area contributed by atoms with Gasteiger partial charge in [0.2, 0.25) is 0 Å². The summed E-state index contributed by atoms with van der Waals surface area (Å²) in [4.78, 5) is 11.8. The normalized spacial score (nSPS) is 32.5. The molecule has 0 aromatic heterocycles. The molecule has 1 fully saturated rings. The van der Waals surface area contributed by atoms with Gasteiger partial charge in [-0.05, 0) is 18.8 Å². The average molecular weight is 184 g/mol. The predicted molar refractivity (Wildman–Crippen MR) is 52.6 cm³/mol. The summed E-state index contributed by atoms with van der Waals surface area (Å²) in [7, 11) is 1.72. The van der Waals surface area contributed by atoms with E-state index in [-0.39, 0.29) is 11.3 Å². The largest absolute Gasteiger partial charge is 0.385 e. The van der Waals surface area contributed by atoms with E-state index in [1.807, 2.05) is 6.92 Å². The molecule has 13 heavy (non-hydrogen) atoms. The highest BCUT2D eigenvalue weighted by atomic mass is 16.5. The summed E-state index contributed by atoms with van der Waals surface area (Å²) in [5.74, 6) is 1.18. The molecular weight excluding hydrogens is 164 g/mol. The van der Waals surface area contributed by atoms with Crippen molar-refractivity contribution in [1.29, 1.82) is 0 Å². The Morgan fingerprint density at radius 3 is 2.54 bits per heavy atom. The molecule has 1 saturated carbocycles. The standard InChI is InChI=1S/C11H20O2/c1-8-7-9(5-6-13-4)11(2,3)10(8)12/h8-9H,5-7H2,1-4H3/t8-,9+/m1/s1. The molecule has 0 spiro atoms. The lowest BCUT2D eigenvalue weighted by Gasteiger charge is -2.24. The van der Waals surface area contributed by atoms with Crippen LogP contribution in [0.2, 0.25) is 0 Å². The Hall–Kier alpha value is -0.370. The molecule has 1 rings (SSSR count). The summed E-state index contributed by atoms with van der Waals surface area (Å²) in [5, 5.41) is 0. The van der Waals surface area contributed by atoms with E-state index in [4.69, 9.17) is 4.74 Å². The molecule has 0 bridgehead atoms. The van der Waals surface area contributed by atoms with Crippen molar-refractivity contribution in [2.45, 2.75) is 33.6 Å². The maximum absolute atomic E-state index is 11.8. The van der Waals surface area contributed by atoms with Crippen molar-refractivity contribution in [2.75, 3.05) is 13.7 Å². The number of Topliss-reactive ketones (excluding diaryl/α,β-unsaturated/α-hetero) is 1. The zero-order valence-electron chi connectivity index (χ0n) is 9.09. The van der Waals surface area contributed by atoms with Gasteiger partial charge in [-0.3, -0.25) is 4.79 Å². The van der Waals surface area contributed by atoms with Crippen molar-refractivity contribution in [3.63, 3.8) is 0 Å². The minimum Gasteiger partial charge on any atom is -0.385 e. The van der Waals surface area contributed by atoms with E-state index in [9.17, 15) is 4.79 Å². The first-order valence-electron chi connectivity index (χ1n) is 5.03. The fourth-order valence-electron chi connectivity index (χ4n) is 2.40. The van der Waals surface area contributed by atoms with Crippen LogP contribution >= 0.6 is 0 Å². The Labute approximate surface area is 80.7 Å². The number of ketones is 1. The van der Waals surface area contributed by atoms with Crippen LogP contribution in [-0.2, 0) is 9.53 Å². The minimum absolute atomic E-state index is 0.127. The van der Waals surface area contributed by atoms with E-state index in [0.717, 1.165) is 19.4 Å². The Morgan fingerprint density at radius 1 is 1.54 bits per heavy atom. The summed E-state index contributed by atoms with van der Waals surface area (Å²) in [6, 6.07) is 0. The van der Waals surface area contributed by atoms with E-state index in [1.54, 1.807) is 7.11 Å². The second-order valence-electron chi connectivity index (χ2n) is 4.70. The summed E-state index contributed by atoms with van der Waals surface area (Å²) in [6.07, 6.45) is 2.05. The molecule has 76 valence electrons. The molecule has 0 unspecified atom stereocenters. The summed E-state index contributed by atoms with van der Waals surface area (Å²) >= 11 is 0. The number of carbonyl (C=O) groups is 1. The molecule has 0 heterocycles. The Balaban J connectivity index is 2.61. The van der Waals surface area contributed by atoms with Gasteiger partial charge in [0.25, 0.3) is 0 Å². The lowest BCUT2D eigenvalue weighted by Crippen LogP contribution is -2.27. The number of hydrogen-bond acceptors (Lipinski definition) is 2. The molecule has 0 saturated heterocycles. The van der Waals surface area contributed by atoms with Crippen LogP contribution in [0.5, 0.6) is 0 Å². The number of ether oxygens (including phenoxy) is 1. The van der Waals surface area contributed by atoms with Crippen LogP contribution in [0.1, 0.15) is 33.6 Å². The molecule has 2 heteroatoms. The van der Waals surface area contributed by atoms with Crippen LogP contribution in [0.25, 0.3) is 0 Å². The molecule has 0 aromatic carbocycles. The number of rotatable bonds is 3. The van der Waals surface area contributed by atoms with Crippen molar-refractivity contribution in [1.82, 2.24) is 0 Å². The highest BCUT2D eigenvalue weighted by Crippen LogP contribution is 2.44. The van der Waals surface area contributed by atoms with E-state index < -0.39 is 0 Å². The van der Waals surface area contributed by atoms with Gasteiger partial charge < -0.3 is 4.74 Å². The lowest BCUT2D eigenvalue weighted by atomic mass is 9.79. The van der Waals surface area contributed by atoms with Crippen molar-refractivity contribution in [3.8, 4) is 0 Å². The van der Waals surface area contributed by atoms with Gasteiger partial charge >= 0.3 is 0 Å². The van der Waals surface area contributed by atoms with Crippen molar-refractivity contribution in [2.24, 2.45) is 17.3 Å². The van der Waals surface area contributed by atoms with Gasteiger partial charge in [-0.2, -0.15) is 0 Å². The summed E-state index contributed by atoms with van der Waals surface area (Å²) in [6.45, 7) is 6.95. The van der Waals surface area contributed by atoms with Gasteiger partial charge in [0.05, 0.1) is 0 Å². The maximum atomic E-state index is 11.8. The molecule has 0 radical (unpaired) electrons. The molecule has 0 aromatic rings. The van der Waals surface area contributed by atoms with Crippen LogP contribution < -0.4 is 0 Å². The van der Waals surface area contributed by atoms with Gasteiger partial charge in [-0.15, -0.1) is 0 Å². The molecule has 0 aliphatic heterocycles. The van der Waals surface area contributed by atoms with Crippen LogP contribution in [0.3, 0.4) is 0 Å². The van der Waals surface area contributed by atoms with Crippen LogP contribution in [0.15, 0.2) is 0 Å². The maximum Gasteiger partial charge on any atom is 0.141 e. The predicted octanol–water partition coefficient (Wildman–Crippen LogP) is 2.27. The van der Waals surface area contributed by atoms with Crippen LogP contribution in [0, 0.1) is 17.3 Å². The van der Waals surface area contributed by atoms with Gasteiger partial charge in [-0.1, -0.05) is 20.8 Å². The second-order valence-corrected chi connectivity index (χ2v) is 4.70. The number of methoxy groups -OCH3 is 1. The van der Waals surface area contributed by atoms with E-state index in [1.165, 1.54) is 0 Å². The quantitative estimate of drug-likeness (QED) is 0.672. The Bertz CT molecular complexity index is 196. The fourth-order valence-corrected chi connectivity index (χ4v) is 2.40. The first-order valence-corrected chi connectivity index (χ1v) is 5.03. The highest BCUT2D eigenvalue weighted by Gasteiger charge is 2.45. The van der Waals surface area contributed by atoms with E-state index in [0.29, 0.717) is 11.7 Å². The number of hydrogen-bond donors (Lipinski definition) is 0. The monoisotopic (exact) mass is 184 g/mol. The van der Waals surface area contributed by atoms with Gasteiger partial charge in [-0.25, -0.2) is 0 Å². The Morgan fingerprint density at radius 2 is 2.15 bits per heavy atom. The zero-order chi connectivity index (χ0) is 10.1. The Kier molecular flexibility index (Phi) is 3.12. The summed E-state index contributed by atoms with van der Waals surface area (Å²) < 4.78 is 5.06. The fraction of sp³-hybridized carbons (Fsp3) is 0.909. The van der Waals surface area contributed by atoms with Crippen LogP contribution in [0.4, 0.5) is 0 Å². The van der Waals surface area contributed by atoms with Crippen molar-refractivity contribution in [3.05, 3.63) is 0 Å². The van der Waals surface area contributed by atoms with Crippen molar-refractivity contribution < 1.29 is 9.53 Å².